The summed E-state index contributed by atoms with van der Waals surface area (Å²) in [5.74, 6) is -0.819. The first-order valence-electron chi connectivity index (χ1n) is 9.05. The quantitative estimate of drug-likeness (QED) is 0.710. The summed E-state index contributed by atoms with van der Waals surface area (Å²) in [5.41, 5.74) is 0.742. The standard InChI is InChI=1S/C19H22N2O6S2/c1-3-27-17-10-9-16(21-19(22)11-12-28(21,23)24)13-18(17)29(25,26)20-14(2)15-7-5-4-6-8-15/h4-10,13-14,20H,3,11-12H2,1-2H3/t14-/m1/s1. The number of anilines is 1. The Hall–Kier alpha value is -2.43. The number of carbonyl (C=O) groups excluding carboxylic acids is 1. The molecule has 1 aliphatic rings. The summed E-state index contributed by atoms with van der Waals surface area (Å²) in [6.07, 6.45) is -0.138. The number of nitrogens with one attached hydrogen (secondary N) is 1. The van der Waals surface area contributed by atoms with E-state index in [0.717, 1.165) is 11.6 Å². The van der Waals surface area contributed by atoms with E-state index in [1.54, 1.807) is 38.1 Å². The van der Waals surface area contributed by atoms with Crippen molar-refractivity contribution in [3.8, 4) is 5.75 Å². The predicted octanol–water partition coefficient (Wildman–Crippen LogP) is 2.19. The molecule has 1 amide bonds. The molecule has 0 saturated carbocycles. The van der Waals surface area contributed by atoms with Crippen molar-refractivity contribution in [3.05, 3.63) is 54.1 Å². The van der Waals surface area contributed by atoms with Gasteiger partial charge in [-0.25, -0.2) is 25.9 Å². The van der Waals surface area contributed by atoms with Crippen LogP contribution in [-0.4, -0.2) is 35.1 Å². The van der Waals surface area contributed by atoms with Crippen molar-refractivity contribution in [1.29, 1.82) is 0 Å². The smallest absolute Gasteiger partial charge is 0.244 e. The minimum atomic E-state index is -4.08. The average Bonchev–Trinajstić information content (AvgIpc) is 2.95. The molecule has 1 fully saturated rings. The summed E-state index contributed by atoms with van der Waals surface area (Å²) in [6.45, 7) is 3.63. The van der Waals surface area contributed by atoms with Crippen molar-refractivity contribution in [2.45, 2.75) is 31.2 Å². The van der Waals surface area contributed by atoms with Gasteiger partial charge in [-0.05, 0) is 37.6 Å². The van der Waals surface area contributed by atoms with Crippen molar-refractivity contribution < 1.29 is 26.4 Å². The van der Waals surface area contributed by atoms with Gasteiger partial charge < -0.3 is 4.74 Å². The Balaban J connectivity index is 2.03. The van der Waals surface area contributed by atoms with Gasteiger partial charge in [0, 0.05) is 12.5 Å². The molecule has 29 heavy (non-hydrogen) atoms. The normalized spacial score (nSPS) is 17.3. The minimum Gasteiger partial charge on any atom is -0.492 e. The third-order valence-corrected chi connectivity index (χ3v) is 7.71. The first kappa shape index (κ1) is 21.3. The lowest BCUT2D eigenvalue weighted by Gasteiger charge is -2.20. The van der Waals surface area contributed by atoms with E-state index in [1.807, 2.05) is 6.07 Å². The monoisotopic (exact) mass is 438 g/mol. The van der Waals surface area contributed by atoms with E-state index in [2.05, 4.69) is 4.72 Å². The molecule has 1 aliphatic heterocycles. The number of hydrogen-bond acceptors (Lipinski definition) is 6. The highest BCUT2D eigenvalue weighted by Gasteiger charge is 2.37. The first-order valence-corrected chi connectivity index (χ1v) is 12.1. The van der Waals surface area contributed by atoms with Crippen LogP contribution in [0.15, 0.2) is 53.4 Å². The van der Waals surface area contributed by atoms with Gasteiger partial charge in [0.2, 0.25) is 26.0 Å². The van der Waals surface area contributed by atoms with E-state index in [9.17, 15) is 21.6 Å². The van der Waals surface area contributed by atoms with E-state index >= 15 is 0 Å². The predicted molar refractivity (Wildman–Crippen MR) is 109 cm³/mol. The number of benzene rings is 2. The second-order valence-corrected chi connectivity index (χ2v) is 10.2. The molecule has 0 aromatic heterocycles. The van der Waals surface area contributed by atoms with E-state index in [-0.39, 0.29) is 35.1 Å². The summed E-state index contributed by atoms with van der Waals surface area (Å²) in [5, 5.41) is 0. The molecule has 0 radical (unpaired) electrons. The van der Waals surface area contributed by atoms with Gasteiger partial charge in [0.15, 0.2) is 0 Å². The number of rotatable bonds is 7. The second-order valence-electron chi connectivity index (χ2n) is 6.54. The SMILES string of the molecule is CCOc1ccc(N2C(=O)CCS2(=O)=O)cc1S(=O)(=O)N[C@H](C)c1ccccc1. The largest absolute Gasteiger partial charge is 0.492 e. The molecule has 3 rings (SSSR count). The van der Waals surface area contributed by atoms with Gasteiger partial charge in [0.25, 0.3) is 0 Å². The average molecular weight is 439 g/mol. The van der Waals surface area contributed by atoms with Crippen molar-refractivity contribution >= 4 is 31.6 Å². The van der Waals surface area contributed by atoms with Crippen LogP contribution in [0.1, 0.15) is 31.9 Å². The lowest BCUT2D eigenvalue weighted by molar-refractivity contribution is -0.116. The zero-order chi connectivity index (χ0) is 21.2. The molecule has 0 unspecified atom stereocenters. The Bertz CT molecular complexity index is 1110. The Labute approximate surface area is 170 Å². The molecule has 10 heteroatoms. The van der Waals surface area contributed by atoms with Crippen molar-refractivity contribution in [2.24, 2.45) is 0 Å². The molecular weight excluding hydrogens is 416 g/mol. The first-order chi connectivity index (χ1) is 13.7. The number of hydrogen-bond donors (Lipinski definition) is 1. The van der Waals surface area contributed by atoms with Gasteiger partial charge in [-0.2, -0.15) is 0 Å². The van der Waals surface area contributed by atoms with Crippen molar-refractivity contribution in [1.82, 2.24) is 4.72 Å². The zero-order valence-electron chi connectivity index (χ0n) is 16.0. The summed E-state index contributed by atoms with van der Waals surface area (Å²) in [4.78, 5) is 11.8. The van der Waals surface area contributed by atoms with Crippen LogP contribution in [0.5, 0.6) is 5.75 Å². The highest BCUT2D eigenvalue weighted by Crippen LogP contribution is 2.33. The molecule has 1 N–H and O–H groups in total. The summed E-state index contributed by atoms with van der Waals surface area (Å²) < 4.78 is 59.3. The lowest BCUT2D eigenvalue weighted by atomic mass is 10.1. The minimum absolute atomic E-state index is 0.0244. The summed E-state index contributed by atoms with van der Waals surface area (Å²) in [7, 11) is -7.89. The molecule has 1 atom stereocenters. The van der Waals surface area contributed by atoms with Crippen LogP contribution in [0.4, 0.5) is 5.69 Å². The van der Waals surface area contributed by atoms with Gasteiger partial charge in [0.1, 0.15) is 10.6 Å². The fourth-order valence-electron chi connectivity index (χ4n) is 3.08. The molecule has 156 valence electrons. The fraction of sp³-hybridized carbons (Fsp3) is 0.316. The maximum atomic E-state index is 13.1. The summed E-state index contributed by atoms with van der Waals surface area (Å²) in [6, 6.07) is 12.4. The molecule has 0 spiro atoms. The zero-order valence-corrected chi connectivity index (χ0v) is 17.7. The number of nitrogens with zero attached hydrogens (tertiary/aromatic N) is 1. The Morgan fingerprint density at radius 2 is 1.86 bits per heavy atom. The topological polar surface area (TPSA) is 110 Å². The van der Waals surface area contributed by atoms with Gasteiger partial charge in [-0.1, -0.05) is 30.3 Å². The molecule has 1 heterocycles. The van der Waals surface area contributed by atoms with Gasteiger partial charge in [-0.15, -0.1) is 0 Å². The third-order valence-electron chi connectivity index (χ3n) is 4.46. The number of amides is 1. The van der Waals surface area contributed by atoms with Crippen molar-refractivity contribution in [2.75, 3.05) is 16.7 Å². The van der Waals surface area contributed by atoms with E-state index in [0.29, 0.717) is 4.31 Å². The van der Waals surface area contributed by atoms with Gasteiger partial charge in [0.05, 0.1) is 18.0 Å². The Morgan fingerprint density at radius 3 is 2.45 bits per heavy atom. The third kappa shape index (κ3) is 4.44. The number of sulfonamides is 2. The van der Waals surface area contributed by atoms with Crippen LogP contribution in [0.2, 0.25) is 0 Å². The Morgan fingerprint density at radius 1 is 1.17 bits per heavy atom. The Kier molecular flexibility index (Phi) is 5.97. The van der Waals surface area contributed by atoms with Gasteiger partial charge >= 0.3 is 0 Å². The maximum Gasteiger partial charge on any atom is 0.244 e. The molecule has 1 saturated heterocycles. The van der Waals surface area contributed by atoms with Crippen LogP contribution >= 0.6 is 0 Å². The highest BCUT2D eigenvalue weighted by atomic mass is 32.2. The van der Waals surface area contributed by atoms with E-state index < -0.39 is 32.0 Å². The van der Waals surface area contributed by atoms with Crippen LogP contribution in [0, 0.1) is 0 Å². The van der Waals surface area contributed by atoms with Crippen LogP contribution in [0.25, 0.3) is 0 Å². The van der Waals surface area contributed by atoms with Crippen molar-refractivity contribution in [3.63, 3.8) is 0 Å². The highest BCUT2D eigenvalue weighted by molar-refractivity contribution is 7.94. The summed E-state index contributed by atoms with van der Waals surface area (Å²) >= 11 is 0. The van der Waals surface area contributed by atoms with E-state index in [1.165, 1.54) is 12.1 Å². The molecule has 8 nitrogen and oxygen atoms in total. The number of carbonyl (C=O) groups is 1. The molecule has 2 aromatic rings. The molecule has 0 bridgehead atoms. The molecule has 2 aromatic carbocycles. The number of ether oxygens (including phenoxy) is 1. The van der Waals surface area contributed by atoms with Gasteiger partial charge in [-0.3, -0.25) is 4.79 Å². The van der Waals surface area contributed by atoms with E-state index in [4.69, 9.17) is 4.74 Å². The second kappa shape index (κ2) is 8.13. The van der Waals surface area contributed by atoms with Crippen LogP contribution < -0.4 is 13.8 Å². The van der Waals surface area contributed by atoms with Crippen LogP contribution in [-0.2, 0) is 24.8 Å². The lowest BCUT2D eigenvalue weighted by Crippen LogP contribution is -2.30. The molecular formula is C19H22N2O6S2. The molecule has 0 aliphatic carbocycles. The van der Waals surface area contributed by atoms with Crippen LogP contribution in [0.3, 0.4) is 0 Å². The fourth-order valence-corrected chi connectivity index (χ4v) is 5.93. The maximum absolute atomic E-state index is 13.1.